The van der Waals surface area contributed by atoms with Crippen LogP contribution in [-0.4, -0.2) is 78.7 Å². The fraction of sp³-hybridized carbons (Fsp3) is 0.696. The molecule has 7 heteroatoms. The molecule has 1 aromatic heterocycles. The number of carbonyl (C=O) groups excluding carboxylic acids is 2. The van der Waals surface area contributed by atoms with Crippen molar-refractivity contribution in [3.05, 3.63) is 29.6 Å². The number of aryl methyl sites for hydroxylation is 1. The van der Waals surface area contributed by atoms with Crippen molar-refractivity contribution in [2.45, 2.75) is 45.6 Å². The quantitative estimate of drug-likeness (QED) is 0.703. The number of likely N-dealkylation sites (tertiary alicyclic amines) is 1. The summed E-state index contributed by atoms with van der Waals surface area (Å²) in [5, 5.41) is 0. The second kappa shape index (κ2) is 9.02. The Morgan fingerprint density at radius 1 is 1.27 bits per heavy atom. The van der Waals surface area contributed by atoms with E-state index in [1.807, 2.05) is 30.9 Å². The highest BCUT2D eigenvalue weighted by Crippen LogP contribution is 2.48. The lowest BCUT2D eigenvalue weighted by molar-refractivity contribution is -0.168. The Hall–Kier alpha value is -1.99. The fourth-order valence-electron chi connectivity index (χ4n) is 5.55. The maximum absolute atomic E-state index is 13.2. The van der Waals surface area contributed by atoms with Gasteiger partial charge in [0.2, 0.25) is 0 Å². The number of carbonyl (C=O) groups is 2. The summed E-state index contributed by atoms with van der Waals surface area (Å²) in [5.74, 6) is 0.0308. The first-order chi connectivity index (χ1) is 14.5. The summed E-state index contributed by atoms with van der Waals surface area (Å²) in [6, 6.07) is 4.23. The molecule has 0 radical (unpaired) electrons. The molecule has 1 saturated carbocycles. The lowest BCUT2D eigenvalue weighted by Crippen LogP contribution is -2.59. The van der Waals surface area contributed by atoms with Crippen LogP contribution >= 0.6 is 0 Å². The molecule has 3 aliphatic rings. The van der Waals surface area contributed by atoms with Crippen LogP contribution in [0.25, 0.3) is 0 Å². The molecule has 0 N–H and O–H groups in total. The highest BCUT2D eigenvalue weighted by molar-refractivity contribution is 5.94. The molecule has 2 aliphatic heterocycles. The molecule has 3 atom stereocenters. The van der Waals surface area contributed by atoms with E-state index in [0.717, 1.165) is 57.6 Å². The van der Waals surface area contributed by atoms with E-state index < -0.39 is 5.41 Å². The first-order valence-electron chi connectivity index (χ1n) is 11.2. The molecule has 1 aromatic rings. The molecule has 0 unspecified atom stereocenters. The van der Waals surface area contributed by atoms with Crippen LogP contribution in [0.3, 0.4) is 0 Å². The average Bonchev–Trinajstić information content (AvgIpc) is 2.79. The number of pyridine rings is 1. The molecule has 1 aliphatic carbocycles. The highest BCUT2D eigenvalue weighted by atomic mass is 16.5. The van der Waals surface area contributed by atoms with Crippen LogP contribution in [-0.2, 0) is 14.3 Å². The standard InChI is InChI=1S/C23H33N3O4/c1-3-30-22(28)23-8-6-19(25-11-13-29-14-12-25)15-18(23)7-10-26(16-23)21(27)20-17(2)5-4-9-24-20/h4-5,9,18-19H,3,6-8,10-16H2,1-2H3/t18-,19-,23-/m1/s1. The number of amides is 1. The zero-order valence-electron chi connectivity index (χ0n) is 18.1. The number of ether oxygens (including phenoxy) is 2. The second-order valence-corrected chi connectivity index (χ2v) is 8.83. The molecule has 3 fully saturated rings. The minimum Gasteiger partial charge on any atom is -0.466 e. The van der Waals surface area contributed by atoms with Crippen LogP contribution in [0, 0.1) is 18.3 Å². The Kier molecular flexibility index (Phi) is 6.39. The van der Waals surface area contributed by atoms with Gasteiger partial charge < -0.3 is 14.4 Å². The van der Waals surface area contributed by atoms with Crippen molar-refractivity contribution in [2.75, 3.05) is 46.0 Å². The number of morpholine rings is 1. The lowest BCUT2D eigenvalue weighted by atomic mass is 9.61. The molecular weight excluding hydrogens is 382 g/mol. The van der Waals surface area contributed by atoms with Gasteiger partial charge >= 0.3 is 5.97 Å². The molecule has 2 saturated heterocycles. The number of esters is 1. The molecule has 30 heavy (non-hydrogen) atoms. The summed E-state index contributed by atoms with van der Waals surface area (Å²) in [4.78, 5) is 35.1. The number of piperidine rings is 1. The summed E-state index contributed by atoms with van der Waals surface area (Å²) in [6.07, 6.45) is 5.20. The topological polar surface area (TPSA) is 72.0 Å². The van der Waals surface area contributed by atoms with Gasteiger partial charge in [-0.25, -0.2) is 0 Å². The summed E-state index contributed by atoms with van der Waals surface area (Å²) < 4.78 is 11.1. The molecule has 164 valence electrons. The van der Waals surface area contributed by atoms with E-state index in [0.29, 0.717) is 31.4 Å². The van der Waals surface area contributed by atoms with Crippen LogP contribution in [0.15, 0.2) is 18.3 Å². The number of hydrogen-bond donors (Lipinski definition) is 0. The maximum atomic E-state index is 13.2. The number of rotatable bonds is 4. The molecule has 3 heterocycles. The number of aromatic nitrogens is 1. The molecule has 0 bridgehead atoms. The largest absolute Gasteiger partial charge is 0.466 e. The molecule has 0 spiro atoms. The van der Waals surface area contributed by atoms with Gasteiger partial charge in [0, 0.05) is 38.4 Å². The number of fused-ring (bicyclic) bond motifs is 1. The van der Waals surface area contributed by atoms with E-state index in [1.165, 1.54) is 0 Å². The van der Waals surface area contributed by atoms with E-state index in [1.54, 1.807) is 6.20 Å². The van der Waals surface area contributed by atoms with Gasteiger partial charge in [0.1, 0.15) is 5.69 Å². The van der Waals surface area contributed by atoms with Gasteiger partial charge in [-0.05, 0) is 57.1 Å². The van der Waals surface area contributed by atoms with E-state index >= 15 is 0 Å². The van der Waals surface area contributed by atoms with Crippen molar-refractivity contribution in [1.82, 2.24) is 14.8 Å². The van der Waals surface area contributed by atoms with Crippen molar-refractivity contribution < 1.29 is 19.1 Å². The van der Waals surface area contributed by atoms with Crippen molar-refractivity contribution >= 4 is 11.9 Å². The van der Waals surface area contributed by atoms with Crippen LogP contribution < -0.4 is 0 Å². The highest BCUT2D eigenvalue weighted by Gasteiger charge is 2.54. The van der Waals surface area contributed by atoms with Gasteiger partial charge in [-0.3, -0.25) is 19.5 Å². The summed E-state index contributed by atoms with van der Waals surface area (Å²) in [7, 11) is 0. The third-order valence-electron chi connectivity index (χ3n) is 7.23. The summed E-state index contributed by atoms with van der Waals surface area (Å²) in [5.41, 5.74) is 0.748. The maximum Gasteiger partial charge on any atom is 0.314 e. The average molecular weight is 416 g/mol. The van der Waals surface area contributed by atoms with Crippen LogP contribution in [0.5, 0.6) is 0 Å². The summed E-state index contributed by atoms with van der Waals surface area (Å²) in [6.45, 7) is 8.73. The van der Waals surface area contributed by atoms with E-state index in [4.69, 9.17) is 9.47 Å². The van der Waals surface area contributed by atoms with Crippen molar-refractivity contribution in [2.24, 2.45) is 11.3 Å². The van der Waals surface area contributed by atoms with Crippen LogP contribution in [0.4, 0.5) is 0 Å². The van der Waals surface area contributed by atoms with E-state index in [-0.39, 0.29) is 17.8 Å². The Bertz CT molecular complexity index is 779. The minimum absolute atomic E-state index is 0.0782. The van der Waals surface area contributed by atoms with Gasteiger partial charge in [-0.2, -0.15) is 0 Å². The monoisotopic (exact) mass is 415 g/mol. The normalized spacial score (nSPS) is 29.9. The third kappa shape index (κ3) is 3.97. The van der Waals surface area contributed by atoms with Crippen molar-refractivity contribution in [3.8, 4) is 0 Å². The molecule has 7 nitrogen and oxygen atoms in total. The van der Waals surface area contributed by atoms with Gasteiger partial charge in [-0.1, -0.05) is 6.07 Å². The van der Waals surface area contributed by atoms with Crippen LogP contribution in [0.2, 0.25) is 0 Å². The molecular formula is C23H33N3O4. The van der Waals surface area contributed by atoms with E-state index in [2.05, 4.69) is 9.88 Å². The van der Waals surface area contributed by atoms with E-state index in [9.17, 15) is 9.59 Å². The first-order valence-corrected chi connectivity index (χ1v) is 11.2. The third-order valence-corrected chi connectivity index (χ3v) is 7.23. The zero-order chi connectivity index (χ0) is 21.1. The van der Waals surface area contributed by atoms with Gasteiger partial charge in [-0.15, -0.1) is 0 Å². The zero-order valence-corrected chi connectivity index (χ0v) is 18.1. The predicted octanol–water partition coefficient (Wildman–Crippen LogP) is 2.29. The first kappa shape index (κ1) is 21.2. The minimum atomic E-state index is -0.602. The fourth-order valence-corrected chi connectivity index (χ4v) is 5.55. The summed E-state index contributed by atoms with van der Waals surface area (Å²) >= 11 is 0. The molecule has 4 rings (SSSR count). The Morgan fingerprint density at radius 3 is 2.80 bits per heavy atom. The second-order valence-electron chi connectivity index (χ2n) is 8.83. The van der Waals surface area contributed by atoms with Gasteiger partial charge in [0.05, 0.1) is 25.2 Å². The molecule has 1 amide bonds. The number of nitrogens with zero attached hydrogens (tertiary/aromatic N) is 3. The number of hydrogen-bond acceptors (Lipinski definition) is 6. The van der Waals surface area contributed by atoms with Gasteiger partial charge in [0.15, 0.2) is 0 Å². The molecule has 0 aromatic carbocycles. The SMILES string of the molecule is CCOC(=O)[C@@]12CC[C@@H](N3CCOCC3)C[C@H]1CCN(C(=O)c1ncccc1C)C2. The Labute approximate surface area is 178 Å². The Morgan fingerprint density at radius 2 is 2.07 bits per heavy atom. The Balaban J connectivity index is 1.54. The predicted molar refractivity (Wildman–Crippen MR) is 112 cm³/mol. The van der Waals surface area contributed by atoms with Crippen LogP contribution in [0.1, 0.15) is 48.7 Å². The van der Waals surface area contributed by atoms with Gasteiger partial charge in [0.25, 0.3) is 5.91 Å². The smallest absolute Gasteiger partial charge is 0.314 e. The lowest BCUT2D eigenvalue weighted by Gasteiger charge is -2.52. The van der Waals surface area contributed by atoms with Crippen molar-refractivity contribution in [3.63, 3.8) is 0 Å². The van der Waals surface area contributed by atoms with Crippen molar-refractivity contribution in [1.29, 1.82) is 0 Å².